The fourth-order valence-electron chi connectivity index (χ4n) is 2.54. The number of ether oxygens (including phenoxy) is 1. The molecule has 0 aromatic carbocycles. The molecule has 0 amide bonds. The van der Waals surface area contributed by atoms with Crippen LogP contribution in [0.25, 0.3) is 0 Å². The lowest BCUT2D eigenvalue weighted by atomic mass is 9.74. The summed E-state index contributed by atoms with van der Waals surface area (Å²) in [5, 5.41) is 13.0. The van der Waals surface area contributed by atoms with E-state index in [2.05, 4.69) is 24.3 Å². The predicted molar refractivity (Wildman–Crippen MR) is 74.8 cm³/mol. The third-order valence-electron chi connectivity index (χ3n) is 3.86. The van der Waals surface area contributed by atoms with E-state index >= 15 is 0 Å². The van der Waals surface area contributed by atoms with Crippen LogP contribution < -0.4 is 5.32 Å². The molecule has 0 radical (unpaired) electrons. The predicted octanol–water partition coefficient (Wildman–Crippen LogP) is 1.10. The Kier molecular flexibility index (Phi) is 7.82. The van der Waals surface area contributed by atoms with Gasteiger partial charge in [-0.2, -0.15) is 0 Å². The minimum Gasteiger partial charge on any atom is -0.396 e. The van der Waals surface area contributed by atoms with Crippen molar-refractivity contribution in [3.63, 3.8) is 0 Å². The zero-order chi connectivity index (χ0) is 13.3. The van der Waals surface area contributed by atoms with E-state index in [-0.39, 0.29) is 5.41 Å². The van der Waals surface area contributed by atoms with Gasteiger partial charge < -0.3 is 20.1 Å². The molecule has 1 fully saturated rings. The maximum atomic E-state index is 9.57. The Morgan fingerprint density at radius 3 is 2.50 bits per heavy atom. The highest BCUT2D eigenvalue weighted by Crippen LogP contribution is 2.34. The van der Waals surface area contributed by atoms with Gasteiger partial charge in [0.05, 0.1) is 13.2 Å². The standard InChI is InChI=1S/C14H30N2O2/c1-16(2)9-11-18-10-8-15-12-14(13-17)6-4-3-5-7-14/h15,17H,3-13H2,1-2H3. The fourth-order valence-corrected chi connectivity index (χ4v) is 2.54. The first-order valence-electron chi connectivity index (χ1n) is 7.23. The molecule has 0 spiro atoms. The number of rotatable bonds is 9. The van der Waals surface area contributed by atoms with Gasteiger partial charge in [-0.25, -0.2) is 0 Å². The Morgan fingerprint density at radius 1 is 1.17 bits per heavy atom. The fraction of sp³-hybridized carbons (Fsp3) is 1.00. The summed E-state index contributed by atoms with van der Waals surface area (Å²) in [6.45, 7) is 4.66. The molecule has 0 aromatic rings. The van der Waals surface area contributed by atoms with Gasteiger partial charge in [0.25, 0.3) is 0 Å². The van der Waals surface area contributed by atoms with Crippen LogP contribution in [0.1, 0.15) is 32.1 Å². The van der Waals surface area contributed by atoms with Crippen LogP contribution in [0, 0.1) is 5.41 Å². The zero-order valence-electron chi connectivity index (χ0n) is 12.1. The van der Waals surface area contributed by atoms with Crippen molar-refractivity contribution >= 4 is 0 Å². The number of aliphatic hydroxyl groups excluding tert-OH is 1. The van der Waals surface area contributed by atoms with Crippen LogP contribution in [0.15, 0.2) is 0 Å². The molecule has 0 aliphatic heterocycles. The highest BCUT2D eigenvalue weighted by molar-refractivity contribution is 4.84. The summed E-state index contributed by atoms with van der Waals surface area (Å²) in [6.07, 6.45) is 6.19. The van der Waals surface area contributed by atoms with Crippen LogP contribution in [0.5, 0.6) is 0 Å². The van der Waals surface area contributed by atoms with Gasteiger partial charge in [-0.1, -0.05) is 19.3 Å². The minimum absolute atomic E-state index is 0.141. The first-order chi connectivity index (χ1) is 8.68. The van der Waals surface area contributed by atoms with Crippen molar-refractivity contribution in [2.24, 2.45) is 5.41 Å². The molecule has 0 unspecified atom stereocenters. The first-order valence-corrected chi connectivity index (χ1v) is 7.23. The van der Waals surface area contributed by atoms with Crippen molar-refractivity contribution in [1.29, 1.82) is 0 Å². The summed E-state index contributed by atoms with van der Waals surface area (Å²) >= 11 is 0. The molecule has 2 N–H and O–H groups in total. The SMILES string of the molecule is CN(C)CCOCCNCC1(CO)CCCCC1. The average Bonchev–Trinajstić information content (AvgIpc) is 2.38. The summed E-state index contributed by atoms with van der Waals surface area (Å²) in [5.41, 5.74) is 0.141. The largest absolute Gasteiger partial charge is 0.396 e. The second-order valence-corrected chi connectivity index (χ2v) is 5.81. The van der Waals surface area contributed by atoms with E-state index in [1.54, 1.807) is 0 Å². The molecule has 0 bridgehead atoms. The molecule has 0 aromatic heterocycles. The van der Waals surface area contributed by atoms with Crippen LogP contribution in [0.2, 0.25) is 0 Å². The molecular formula is C14H30N2O2. The zero-order valence-corrected chi connectivity index (χ0v) is 12.1. The summed E-state index contributed by atoms with van der Waals surface area (Å²) in [6, 6.07) is 0. The van der Waals surface area contributed by atoms with E-state index < -0.39 is 0 Å². The summed E-state index contributed by atoms with van der Waals surface area (Å²) in [5.74, 6) is 0. The molecule has 1 rings (SSSR count). The van der Waals surface area contributed by atoms with Gasteiger partial charge in [-0.15, -0.1) is 0 Å². The Balaban J connectivity index is 2.02. The number of nitrogens with zero attached hydrogens (tertiary/aromatic N) is 1. The molecule has 1 aliphatic rings. The van der Waals surface area contributed by atoms with Crippen molar-refractivity contribution in [2.45, 2.75) is 32.1 Å². The topological polar surface area (TPSA) is 44.7 Å². The van der Waals surface area contributed by atoms with E-state index in [9.17, 15) is 5.11 Å². The maximum Gasteiger partial charge on any atom is 0.0593 e. The third kappa shape index (κ3) is 6.14. The molecule has 0 atom stereocenters. The summed E-state index contributed by atoms with van der Waals surface area (Å²) in [7, 11) is 4.10. The van der Waals surface area contributed by atoms with Crippen LogP contribution in [-0.2, 0) is 4.74 Å². The Hall–Kier alpha value is -0.160. The quantitative estimate of drug-likeness (QED) is 0.608. The van der Waals surface area contributed by atoms with Crippen LogP contribution in [-0.4, -0.2) is 63.6 Å². The van der Waals surface area contributed by atoms with Crippen molar-refractivity contribution in [3.8, 4) is 0 Å². The number of hydrogen-bond acceptors (Lipinski definition) is 4. The van der Waals surface area contributed by atoms with Gasteiger partial charge in [0.2, 0.25) is 0 Å². The molecule has 0 saturated heterocycles. The Labute approximate surface area is 112 Å². The Bertz CT molecular complexity index is 204. The molecule has 18 heavy (non-hydrogen) atoms. The molecule has 1 saturated carbocycles. The van der Waals surface area contributed by atoms with Gasteiger partial charge in [-0.05, 0) is 26.9 Å². The number of likely N-dealkylation sites (N-methyl/N-ethyl adjacent to an activating group) is 1. The van der Waals surface area contributed by atoms with Crippen LogP contribution in [0.3, 0.4) is 0 Å². The highest BCUT2D eigenvalue weighted by atomic mass is 16.5. The molecule has 1 aliphatic carbocycles. The van der Waals surface area contributed by atoms with Gasteiger partial charge in [0, 0.05) is 31.7 Å². The van der Waals surface area contributed by atoms with Crippen molar-refractivity contribution < 1.29 is 9.84 Å². The third-order valence-corrected chi connectivity index (χ3v) is 3.86. The van der Waals surface area contributed by atoms with Crippen molar-refractivity contribution in [1.82, 2.24) is 10.2 Å². The van der Waals surface area contributed by atoms with Crippen molar-refractivity contribution in [2.75, 3.05) is 53.6 Å². The first kappa shape index (κ1) is 15.9. The molecule has 0 heterocycles. The lowest BCUT2D eigenvalue weighted by Gasteiger charge is -2.35. The van der Waals surface area contributed by atoms with Gasteiger partial charge in [0.1, 0.15) is 0 Å². The van der Waals surface area contributed by atoms with E-state index in [4.69, 9.17) is 4.74 Å². The average molecular weight is 258 g/mol. The maximum absolute atomic E-state index is 9.57. The molecule has 4 nitrogen and oxygen atoms in total. The van der Waals surface area contributed by atoms with Crippen LogP contribution >= 0.6 is 0 Å². The molecular weight excluding hydrogens is 228 g/mol. The Morgan fingerprint density at radius 2 is 1.89 bits per heavy atom. The lowest BCUT2D eigenvalue weighted by molar-refractivity contribution is 0.0748. The number of aliphatic hydroxyl groups is 1. The van der Waals surface area contributed by atoms with Crippen LogP contribution in [0.4, 0.5) is 0 Å². The van der Waals surface area contributed by atoms with E-state index in [0.29, 0.717) is 6.61 Å². The van der Waals surface area contributed by atoms with E-state index in [1.165, 1.54) is 19.3 Å². The monoisotopic (exact) mass is 258 g/mol. The number of hydrogen-bond donors (Lipinski definition) is 2. The van der Waals surface area contributed by atoms with Gasteiger partial charge in [-0.3, -0.25) is 0 Å². The van der Waals surface area contributed by atoms with E-state index in [1.807, 2.05) is 0 Å². The molecule has 4 heteroatoms. The summed E-state index contributed by atoms with van der Waals surface area (Å²) < 4.78 is 5.53. The second-order valence-electron chi connectivity index (χ2n) is 5.81. The highest BCUT2D eigenvalue weighted by Gasteiger charge is 2.30. The second kappa shape index (κ2) is 8.86. The molecule has 108 valence electrons. The van der Waals surface area contributed by atoms with E-state index in [0.717, 1.165) is 45.7 Å². The van der Waals surface area contributed by atoms with Gasteiger partial charge >= 0.3 is 0 Å². The minimum atomic E-state index is 0.141. The number of nitrogens with one attached hydrogen (secondary N) is 1. The van der Waals surface area contributed by atoms with Crippen molar-refractivity contribution in [3.05, 3.63) is 0 Å². The lowest BCUT2D eigenvalue weighted by Crippen LogP contribution is -2.40. The van der Waals surface area contributed by atoms with Gasteiger partial charge in [0.15, 0.2) is 0 Å². The summed E-state index contributed by atoms with van der Waals surface area (Å²) in [4.78, 5) is 2.12. The smallest absolute Gasteiger partial charge is 0.0593 e. The normalized spacial score (nSPS) is 19.3.